The highest BCUT2D eigenvalue weighted by Gasteiger charge is 2.47. The Morgan fingerprint density at radius 1 is 1.30 bits per heavy atom. The summed E-state index contributed by atoms with van der Waals surface area (Å²) in [5.41, 5.74) is 2.19. The van der Waals surface area contributed by atoms with Crippen molar-refractivity contribution in [2.75, 3.05) is 6.54 Å². The van der Waals surface area contributed by atoms with Crippen LogP contribution < -0.4 is 5.32 Å². The minimum Gasteiger partial charge on any atom is -0.314 e. The van der Waals surface area contributed by atoms with Crippen molar-refractivity contribution in [1.82, 2.24) is 15.1 Å². The van der Waals surface area contributed by atoms with E-state index in [9.17, 15) is 0 Å². The van der Waals surface area contributed by atoms with Gasteiger partial charge in [0.05, 0.1) is 16.4 Å². The summed E-state index contributed by atoms with van der Waals surface area (Å²) in [4.78, 5) is 0. The number of nitrogens with one attached hydrogen (secondary N) is 1. The van der Waals surface area contributed by atoms with Crippen molar-refractivity contribution in [3.63, 3.8) is 0 Å². The van der Waals surface area contributed by atoms with Crippen LogP contribution in [-0.2, 0) is 13.0 Å². The molecule has 0 amide bonds. The van der Waals surface area contributed by atoms with Crippen molar-refractivity contribution in [1.29, 1.82) is 0 Å². The molecule has 1 aromatic rings. The molecule has 0 saturated heterocycles. The summed E-state index contributed by atoms with van der Waals surface area (Å²) in [5.74, 6) is 2.90. The summed E-state index contributed by atoms with van der Waals surface area (Å²) in [6, 6.07) is 0.562. The van der Waals surface area contributed by atoms with Crippen molar-refractivity contribution in [2.24, 2.45) is 17.8 Å². The lowest BCUT2D eigenvalue weighted by molar-refractivity contribution is 0.331. The summed E-state index contributed by atoms with van der Waals surface area (Å²) in [7, 11) is 0. The number of halogens is 1. The monoisotopic (exact) mass is 295 g/mol. The summed E-state index contributed by atoms with van der Waals surface area (Å²) in [6.07, 6.45) is 5.34. The highest BCUT2D eigenvalue weighted by molar-refractivity contribution is 6.31. The molecule has 112 valence electrons. The fourth-order valence-electron chi connectivity index (χ4n) is 4.03. The zero-order chi connectivity index (χ0) is 14.3. The van der Waals surface area contributed by atoms with Gasteiger partial charge in [0, 0.05) is 19.0 Å². The molecule has 3 rings (SSSR count). The Morgan fingerprint density at radius 2 is 2.00 bits per heavy atom. The van der Waals surface area contributed by atoms with Crippen LogP contribution in [0.4, 0.5) is 0 Å². The van der Waals surface area contributed by atoms with E-state index < -0.39 is 0 Å². The normalized spacial score (nSPS) is 29.5. The second-order valence-electron chi connectivity index (χ2n) is 6.52. The number of hydrogen-bond donors (Lipinski definition) is 1. The first-order valence-electron chi connectivity index (χ1n) is 8.09. The van der Waals surface area contributed by atoms with Crippen LogP contribution in [0.15, 0.2) is 0 Å². The topological polar surface area (TPSA) is 29.9 Å². The standard InChI is InChI=1S/C16H26ClN3/c1-4-18-14(13-7-11-6-12(11)8-13)9-15-16(17)10(3)19-20(15)5-2/h11-14,18H,4-9H2,1-3H3. The van der Waals surface area contributed by atoms with E-state index in [4.69, 9.17) is 11.6 Å². The molecule has 2 saturated carbocycles. The Balaban J connectivity index is 1.75. The average Bonchev–Trinajstić information content (AvgIpc) is 2.96. The Labute approximate surface area is 127 Å². The molecule has 0 aromatic carbocycles. The summed E-state index contributed by atoms with van der Waals surface area (Å²) in [5, 5.41) is 9.12. The fourth-order valence-corrected chi connectivity index (χ4v) is 4.24. The lowest BCUT2D eigenvalue weighted by atomic mass is 9.91. The number of likely N-dealkylation sites (N-methyl/N-ethyl adjacent to an activating group) is 1. The van der Waals surface area contributed by atoms with Gasteiger partial charge in [-0.25, -0.2) is 0 Å². The molecular weight excluding hydrogens is 270 g/mol. The molecule has 0 bridgehead atoms. The van der Waals surface area contributed by atoms with Crippen molar-refractivity contribution in [2.45, 2.75) is 59.0 Å². The second-order valence-corrected chi connectivity index (χ2v) is 6.90. The molecule has 1 heterocycles. The molecule has 2 fully saturated rings. The van der Waals surface area contributed by atoms with Crippen LogP contribution in [-0.4, -0.2) is 22.4 Å². The van der Waals surface area contributed by atoms with Crippen LogP contribution in [0.5, 0.6) is 0 Å². The van der Waals surface area contributed by atoms with Crippen molar-refractivity contribution >= 4 is 11.6 Å². The molecule has 3 atom stereocenters. The molecule has 0 spiro atoms. The van der Waals surface area contributed by atoms with Gasteiger partial charge in [-0.15, -0.1) is 0 Å². The van der Waals surface area contributed by atoms with E-state index in [1.165, 1.54) is 25.0 Å². The second kappa shape index (κ2) is 5.69. The first-order chi connectivity index (χ1) is 9.63. The maximum Gasteiger partial charge on any atom is 0.0847 e. The van der Waals surface area contributed by atoms with Crippen LogP contribution >= 0.6 is 11.6 Å². The number of aryl methyl sites for hydroxylation is 2. The van der Waals surface area contributed by atoms with Crippen LogP contribution in [0, 0.1) is 24.7 Å². The third-order valence-corrected chi connectivity index (χ3v) is 5.67. The molecule has 2 aliphatic carbocycles. The first kappa shape index (κ1) is 14.4. The highest BCUT2D eigenvalue weighted by Crippen LogP contribution is 2.55. The highest BCUT2D eigenvalue weighted by atomic mass is 35.5. The third kappa shape index (κ3) is 2.62. The van der Waals surface area contributed by atoms with Gasteiger partial charge in [-0.1, -0.05) is 18.5 Å². The molecule has 3 nitrogen and oxygen atoms in total. The molecule has 1 N–H and O–H groups in total. The van der Waals surface area contributed by atoms with E-state index in [0.717, 1.165) is 48.0 Å². The van der Waals surface area contributed by atoms with Gasteiger partial charge in [-0.2, -0.15) is 5.10 Å². The van der Waals surface area contributed by atoms with Gasteiger partial charge in [-0.3, -0.25) is 4.68 Å². The molecule has 4 heteroatoms. The molecule has 2 aliphatic rings. The maximum absolute atomic E-state index is 6.47. The minimum atomic E-state index is 0.562. The smallest absolute Gasteiger partial charge is 0.0847 e. The molecule has 0 aliphatic heterocycles. The lowest BCUT2D eigenvalue weighted by Gasteiger charge is -2.26. The van der Waals surface area contributed by atoms with E-state index in [2.05, 4.69) is 28.9 Å². The number of nitrogens with zero attached hydrogens (tertiary/aromatic N) is 2. The SMILES string of the molecule is CCNC(Cc1c(Cl)c(C)nn1CC)C1CC2CC2C1. The zero-order valence-corrected chi connectivity index (χ0v) is 13.6. The Hall–Kier alpha value is -0.540. The van der Waals surface area contributed by atoms with E-state index in [1.807, 2.05) is 6.92 Å². The van der Waals surface area contributed by atoms with E-state index in [1.54, 1.807) is 0 Å². The van der Waals surface area contributed by atoms with Gasteiger partial charge in [0.15, 0.2) is 0 Å². The van der Waals surface area contributed by atoms with E-state index in [-0.39, 0.29) is 0 Å². The van der Waals surface area contributed by atoms with Crippen molar-refractivity contribution in [3.05, 3.63) is 16.4 Å². The Bertz CT molecular complexity index is 472. The zero-order valence-electron chi connectivity index (χ0n) is 12.8. The van der Waals surface area contributed by atoms with Gasteiger partial charge in [0.25, 0.3) is 0 Å². The quantitative estimate of drug-likeness (QED) is 0.871. The van der Waals surface area contributed by atoms with Crippen LogP contribution in [0.3, 0.4) is 0 Å². The van der Waals surface area contributed by atoms with Gasteiger partial charge >= 0.3 is 0 Å². The first-order valence-corrected chi connectivity index (χ1v) is 8.46. The van der Waals surface area contributed by atoms with E-state index in [0.29, 0.717) is 6.04 Å². The molecule has 3 unspecified atom stereocenters. The van der Waals surface area contributed by atoms with Crippen LogP contribution in [0.1, 0.15) is 44.5 Å². The largest absolute Gasteiger partial charge is 0.314 e. The summed E-state index contributed by atoms with van der Waals surface area (Å²) in [6.45, 7) is 8.28. The lowest BCUT2D eigenvalue weighted by Crippen LogP contribution is -2.38. The van der Waals surface area contributed by atoms with Gasteiger partial charge in [-0.05, 0) is 57.4 Å². The van der Waals surface area contributed by atoms with Gasteiger partial charge < -0.3 is 5.32 Å². The Kier molecular flexibility index (Phi) is 4.09. The molecule has 0 radical (unpaired) electrons. The summed E-state index contributed by atoms with van der Waals surface area (Å²) < 4.78 is 2.08. The summed E-state index contributed by atoms with van der Waals surface area (Å²) >= 11 is 6.47. The van der Waals surface area contributed by atoms with Gasteiger partial charge in [0.2, 0.25) is 0 Å². The van der Waals surface area contributed by atoms with Crippen molar-refractivity contribution in [3.8, 4) is 0 Å². The third-order valence-electron chi connectivity index (χ3n) is 5.18. The predicted molar refractivity (Wildman–Crippen MR) is 83.1 cm³/mol. The number of fused-ring (bicyclic) bond motifs is 1. The molecular formula is C16H26ClN3. The number of hydrogen-bond acceptors (Lipinski definition) is 2. The fraction of sp³-hybridized carbons (Fsp3) is 0.812. The Morgan fingerprint density at radius 3 is 2.60 bits per heavy atom. The predicted octanol–water partition coefficient (Wildman–Crippen LogP) is 3.43. The molecule has 1 aromatic heterocycles. The number of rotatable bonds is 6. The van der Waals surface area contributed by atoms with Crippen LogP contribution in [0.2, 0.25) is 5.02 Å². The van der Waals surface area contributed by atoms with Crippen molar-refractivity contribution < 1.29 is 0 Å². The minimum absolute atomic E-state index is 0.562. The van der Waals surface area contributed by atoms with Crippen LogP contribution in [0.25, 0.3) is 0 Å². The van der Waals surface area contributed by atoms with E-state index >= 15 is 0 Å². The maximum atomic E-state index is 6.47. The van der Waals surface area contributed by atoms with Gasteiger partial charge in [0.1, 0.15) is 0 Å². The number of aromatic nitrogens is 2. The average molecular weight is 296 g/mol. The molecule has 20 heavy (non-hydrogen) atoms.